The predicted molar refractivity (Wildman–Crippen MR) is 288 cm³/mol. The molecule has 73 heavy (non-hydrogen) atoms. The molecular formula is C55H68BBrN8O8. The van der Waals surface area contributed by atoms with Gasteiger partial charge in [0.15, 0.2) is 0 Å². The van der Waals surface area contributed by atoms with Gasteiger partial charge in [-0.25, -0.2) is 14.4 Å². The number of amides is 4. The van der Waals surface area contributed by atoms with Crippen LogP contribution in [-0.2, 0) is 27.1 Å². The molecule has 0 saturated carbocycles. The summed E-state index contributed by atoms with van der Waals surface area (Å²) in [4.78, 5) is 45.6. The first-order chi connectivity index (χ1) is 34.3. The number of carbonyl (C=O) groups is 3. The van der Waals surface area contributed by atoms with E-state index in [1.807, 2.05) is 171 Å². The molecule has 6 aromatic rings. The Hall–Kier alpha value is -6.63. The average Bonchev–Trinajstić information content (AvgIpc) is 4.17. The number of anilines is 2. The van der Waals surface area contributed by atoms with Crippen LogP contribution in [0.4, 0.5) is 25.8 Å². The number of hydrogen-bond acceptors (Lipinski definition) is 10. The van der Waals surface area contributed by atoms with Crippen LogP contribution in [0.3, 0.4) is 0 Å². The first kappa shape index (κ1) is 54.2. The Labute approximate surface area is 438 Å². The predicted octanol–water partition coefficient (Wildman–Crippen LogP) is 11.0. The topological polar surface area (TPSA) is 157 Å². The highest BCUT2D eigenvalue weighted by molar-refractivity contribution is 9.10. The Kier molecular flexibility index (Phi) is 15.9. The SMILES string of the molecule is CC(C)(C)OC(=O)n1cc(B2OC(C)(C)C(C)(C)O2)cn1.COc1cccc(CN2C(=O)N(c3ccc(-c4cn[nH]c4)cc3)CC2(C)C)c1.COc1cccc(CN2C(=O)N(c3ccc(Br)cc3)CC2(C)C)c1. The van der Waals surface area contributed by atoms with Gasteiger partial charge in [-0.3, -0.25) is 14.9 Å². The third-order valence-electron chi connectivity index (χ3n) is 13.3. The van der Waals surface area contributed by atoms with E-state index in [-0.39, 0.29) is 23.1 Å². The smallest absolute Gasteiger partial charge is 0.497 e. The summed E-state index contributed by atoms with van der Waals surface area (Å²) in [6.07, 6.45) is 6.26. The largest absolute Gasteiger partial charge is 0.498 e. The molecule has 386 valence electrons. The molecule has 3 aliphatic heterocycles. The van der Waals surface area contributed by atoms with Gasteiger partial charge >= 0.3 is 25.3 Å². The molecule has 4 amide bonds. The zero-order chi connectivity index (χ0) is 53.1. The van der Waals surface area contributed by atoms with Gasteiger partial charge in [-0.15, -0.1) is 0 Å². The molecule has 4 aromatic carbocycles. The minimum atomic E-state index is -0.562. The highest BCUT2D eigenvalue weighted by Crippen LogP contribution is 2.37. The molecule has 0 bridgehead atoms. The Bertz CT molecular complexity index is 2850. The maximum absolute atomic E-state index is 13.2. The number of benzene rings is 4. The number of ether oxygens (including phenoxy) is 3. The highest BCUT2D eigenvalue weighted by Gasteiger charge is 2.52. The van der Waals surface area contributed by atoms with Gasteiger partial charge in [0.1, 0.15) is 17.1 Å². The number of nitrogens with one attached hydrogen (secondary N) is 1. The van der Waals surface area contributed by atoms with Crippen molar-refractivity contribution in [1.82, 2.24) is 29.8 Å². The molecule has 0 aliphatic carbocycles. The molecule has 3 aliphatic rings. The first-order valence-corrected chi connectivity index (χ1v) is 25.0. The van der Waals surface area contributed by atoms with Crippen molar-refractivity contribution in [3.8, 4) is 22.6 Å². The molecule has 5 heterocycles. The molecular weight excluding hydrogens is 991 g/mol. The third kappa shape index (κ3) is 12.8. The second-order valence-electron chi connectivity index (χ2n) is 21.5. The van der Waals surface area contributed by atoms with Crippen LogP contribution in [0.2, 0.25) is 0 Å². The van der Waals surface area contributed by atoms with Gasteiger partial charge in [0.25, 0.3) is 0 Å². The van der Waals surface area contributed by atoms with E-state index >= 15 is 0 Å². The Balaban J connectivity index is 0.000000162. The Morgan fingerprint density at radius 2 is 1.18 bits per heavy atom. The second kappa shape index (κ2) is 21.5. The zero-order valence-electron chi connectivity index (χ0n) is 44.2. The number of aromatic nitrogens is 4. The van der Waals surface area contributed by atoms with Gasteiger partial charge in [0.2, 0.25) is 0 Å². The second-order valence-corrected chi connectivity index (χ2v) is 22.5. The maximum atomic E-state index is 13.2. The molecule has 0 unspecified atom stereocenters. The lowest BCUT2D eigenvalue weighted by molar-refractivity contribution is 0.00578. The Morgan fingerprint density at radius 3 is 1.62 bits per heavy atom. The fraction of sp³-hybridized carbons (Fsp3) is 0.400. The van der Waals surface area contributed by atoms with Gasteiger partial charge in [-0.2, -0.15) is 14.9 Å². The number of rotatable bonds is 10. The number of carbonyl (C=O) groups excluding carboxylic acids is 3. The molecule has 0 spiro atoms. The number of H-pyrrole nitrogens is 1. The van der Waals surface area contributed by atoms with Crippen molar-refractivity contribution in [2.75, 3.05) is 37.1 Å². The zero-order valence-corrected chi connectivity index (χ0v) is 45.8. The van der Waals surface area contributed by atoms with Crippen LogP contribution < -0.4 is 24.7 Å². The summed E-state index contributed by atoms with van der Waals surface area (Å²) >= 11 is 3.44. The summed E-state index contributed by atoms with van der Waals surface area (Å²) in [6.45, 7) is 24.2. The molecule has 3 fully saturated rings. The lowest BCUT2D eigenvalue weighted by Gasteiger charge is -2.32. The molecule has 3 saturated heterocycles. The van der Waals surface area contributed by atoms with E-state index in [1.54, 1.807) is 32.8 Å². The number of aromatic amines is 1. The number of nitrogens with zero attached hydrogens (tertiary/aromatic N) is 7. The van der Waals surface area contributed by atoms with Crippen LogP contribution in [0.1, 0.15) is 87.3 Å². The van der Waals surface area contributed by atoms with Crippen molar-refractivity contribution in [2.45, 2.75) is 117 Å². The van der Waals surface area contributed by atoms with Crippen molar-refractivity contribution in [3.05, 3.63) is 137 Å². The van der Waals surface area contributed by atoms with E-state index in [4.69, 9.17) is 23.5 Å². The average molecular weight is 1060 g/mol. The van der Waals surface area contributed by atoms with E-state index in [2.05, 4.69) is 58.9 Å². The third-order valence-corrected chi connectivity index (χ3v) is 13.8. The quantitative estimate of drug-likeness (QED) is 0.131. The summed E-state index contributed by atoms with van der Waals surface area (Å²) in [7, 11) is 2.77. The fourth-order valence-corrected chi connectivity index (χ4v) is 8.74. The lowest BCUT2D eigenvalue weighted by atomic mass is 9.82. The lowest BCUT2D eigenvalue weighted by Crippen LogP contribution is -2.41. The minimum absolute atomic E-state index is 0.0175. The summed E-state index contributed by atoms with van der Waals surface area (Å²) in [6, 6.07) is 31.6. The van der Waals surface area contributed by atoms with Crippen LogP contribution in [0.5, 0.6) is 11.5 Å². The van der Waals surface area contributed by atoms with Crippen LogP contribution in [0.25, 0.3) is 11.1 Å². The van der Waals surface area contributed by atoms with Crippen molar-refractivity contribution >= 4 is 58.0 Å². The molecule has 9 rings (SSSR count). The molecule has 1 N–H and O–H groups in total. The summed E-state index contributed by atoms with van der Waals surface area (Å²) in [5.74, 6) is 1.61. The molecule has 2 aromatic heterocycles. The van der Waals surface area contributed by atoms with Crippen LogP contribution in [0, 0.1) is 0 Å². The molecule has 18 heteroatoms. The number of halogens is 1. The van der Waals surface area contributed by atoms with E-state index in [1.165, 1.54) is 0 Å². The first-order valence-electron chi connectivity index (χ1n) is 24.2. The fourth-order valence-electron chi connectivity index (χ4n) is 8.47. The van der Waals surface area contributed by atoms with Crippen molar-refractivity contribution in [3.63, 3.8) is 0 Å². The van der Waals surface area contributed by atoms with Gasteiger partial charge in [-0.05, 0) is 154 Å². The van der Waals surface area contributed by atoms with Gasteiger partial charge < -0.3 is 33.3 Å². The summed E-state index contributed by atoms with van der Waals surface area (Å²) in [5.41, 5.74) is 4.80. The number of urea groups is 2. The number of hydrogen-bond donors (Lipinski definition) is 1. The highest BCUT2D eigenvalue weighted by atomic mass is 79.9. The minimum Gasteiger partial charge on any atom is -0.497 e. The van der Waals surface area contributed by atoms with Crippen molar-refractivity contribution in [1.29, 1.82) is 0 Å². The number of methoxy groups -OCH3 is 2. The molecule has 0 radical (unpaired) electrons. The van der Waals surface area contributed by atoms with E-state index < -0.39 is 30.0 Å². The van der Waals surface area contributed by atoms with Crippen molar-refractivity contribution in [2.24, 2.45) is 0 Å². The summed E-state index contributed by atoms with van der Waals surface area (Å²) < 4.78 is 29.8. The van der Waals surface area contributed by atoms with E-state index in [0.717, 1.165) is 54.3 Å². The van der Waals surface area contributed by atoms with E-state index in [0.29, 0.717) is 31.6 Å². The Morgan fingerprint density at radius 1 is 0.699 bits per heavy atom. The van der Waals surface area contributed by atoms with Gasteiger partial charge in [0.05, 0.1) is 55.8 Å². The van der Waals surface area contributed by atoms with Crippen LogP contribution in [0.15, 0.2) is 126 Å². The monoisotopic (exact) mass is 1060 g/mol. The van der Waals surface area contributed by atoms with Crippen LogP contribution >= 0.6 is 15.9 Å². The molecule has 16 nitrogen and oxygen atoms in total. The van der Waals surface area contributed by atoms with Crippen LogP contribution in [-0.4, -0.2) is 110 Å². The van der Waals surface area contributed by atoms with Crippen molar-refractivity contribution < 1.29 is 37.9 Å². The van der Waals surface area contributed by atoms with Gasteiger partial charge in [-0.1, -0.05) is 52.3 Å². The normalized spacial score (nSPS) is 17.5. The van der Waals surface area contributed by atoms with E-state index in [9.17, 15) is 14.4 Å². The summed E-state index contributed by atoms with van der Waals surface area (Å²) in [5, 5.41) is 10.8. The maximum Gasteiger partial charge on any atom is 0.498 e. The molecule has 0 atom stereocenters. The standard InChI is InChI=1S/C22H24N4O2.C19H21BrN2O2.C14H23BN2O4/c1-22(2)15-25(19-9-7-17(8-10-19)18-12-23-24-13-18)21(27)26(22)14-16-5-4-6-20(11-16)28-3;1-19(2)13-21(16-9-7-15(20)8-10-16)18(23)22(19)12-14-5-4-6-17(11-14)24-3;1-12(2,3)19-11(18)17-9-10(8-16-17)15-20-13(4,5)14(6,7)21-15/h4-13H,14-15H2,1-3H3,(H,23,24);4-11H,12-13H2,1-3H3;8-9H,1-7H3. The van der Waals surface area contributed by atoms with Gasteiger partial charge in [0, 0.05) is 58.6 Å².